The maximum Gasteiger partial charge on any atom is 0.220 e. The Morgan fingerprint density at radius 2 is 1.95 bits per heavy atom. The normalized spacial score (nSPS) is 30.5. The molecule has 3 unspecified atom stereocenters. The molecule has 22 heavy (non-hydrogen) atoms. The topological polar surface area (TPSA) is 79.8 Å². The van der Waals surface area contributed by atoms with E-state index in [9.17, 15) is 9.90 Å². The summed E-state index contributed by atoms with van der Waals surface area (Å²) < 4.78 is 11.0. The van der Waals surface area contributed by atoms with Crippen LogP contribution in [-0.2, 0) is 14.3 Å². The first-order chi connectivity index (χ1) is 10.3. The molecule has 2 aliphatic rings. The van der Waals surface area contributed by atoms with Crippen molar-refractivity contribution < 1.29 is 19.4 Å². The van der Waals surface area contributed by atoms with Gasteiger partial charge in [0, 0.05) is 32.2 Å². The second kappa shape index (κ2) is 7.73. The van der Waals surface area contributed by atoms with Crippen LogP contribution in [0.5, 0.6) is 0 Å². The monoisotopic (exact) mass is 314 g/mol. The van der Waals surface area contributed by atoms with E-state index in [1.54, 1.807) is 0 Å². The van der Waals surface area contributed by atoms with Gasteiger partial charge in [0.2, 0.25) is 5.91 Å². The molecule has 2 rings (SSSR count). The molecule has 1 amide bonds. The Hall–Kier alpha value is -0.690. The molecule has 0 radical (unpaired) electrons. The third-order valence-electron chi connectivity index (χ3n) is 4.15. The Morgan fingerprint density at radius 1 is 1.27 bits per heavy atom. The van der Waals surface area contributed by atoms with Crippen molar-refractivity contribution in [3.63, 3.8) is 0 Å². The molecule has 2 fully saturated rings. The second-order valence-electron chi connectivity index (χ2n) is 7.56. The summed E-state index contributed by atoms with van der Waals surface area (Å²) in [5, 5.41) is 16.7. The Morgan fingerprint density at radius 3 is 2.59 bits per heavy atom. The number of amides is 1. The minimum atomic E-state index is -0.585. The molecule has 0 aromatic rings. The minimum Gasteiger partial charge on any atom is -0.389 e. The molecule has 128 valence electrons. The Kier molecular flexibility index (Phi) is 6.20. The summed E-state index contributed by atoms with van der Waals surface area (Å²) in [4.78, 5) is 11.8. The van der Waals surface area contributed by atoms with Gasteiger partial charge in [0.1, 0.15) is 6.10 Å². The van der Waals surface area contributed by atoms with Crippen LogP contribution in [-0.4, -0.2) is 61.7 Å². The van der Waals surface area contributed by atoms with Gasteiger partial charge >= 0.3 is 0 Å². The summed E-state index contributed by atoms with van der Waals surface area (Å²) in [7, 11) is 0. The summed E-state index contributed by atoms with van der Waals surface area (Å²) in [6, 6.07) is 0.318. The largest absolute Gasteiger partial charge is 0.389 e. The number of ether oxygens (including phenoxy) is 2. The van der Waals surface area contributed by atoms with Crippen molar-refractivity contribution in [2.75, 3.05) is 26.4 Å². The van der Waals surface area contributed by atoms with Gasteiger partial charge in [-0.25, -0.2) is 0 Å². The van der Waals surface area contributed by atoms with Crippen molar-refractivity contribution >= 4 is 5.91 Å². The van der Waals surface area contributed by atoms with Crippen molar-refractivity contribution in [1.29, 1.82) is 0 Å². The van der Waals surface area contributed by atoms with E-state index < -0.39 is 6.10 Å². The van der Waals surface area contributed by atoms with Crippen LogP contribution in [0.25, 0.3) is 0 Å². The zero-order valence-electron chi connectivity index (χ0n) is 13.9. The summed E-state index contributed by atoms with van der Waals surface area (Å²) in [5.41, 5.74) is -0.0353. The quantitative estimate of drug-likeness (QED) is 0.686. The maximum atomic E-state index is 11.8. The molecular formula is C16H30N2O4. The fourth-order valence-corrected chi connectivity index (χ4v) is 2.94. The molecule has 0 aliphatic carbocycles. The second-order valence-corrected chi connectivity index (χ2v) is 7.56. The fraction of sp³-hybridized carbons (Fsp3) is 0.938. The fourth-order valence-electron chi connectivity index (χ4n) is 2.94. The number of hydrogen-bond donors (Lipinski definition) is 3. The predicted molar refractivity (Wildman–Crippen MR) is 83.6 cm³/mol. The third kappa shape index (κ3) is 5.50. The number of carbonyl (C=O) groups is 1. The van der Waals surface area contributed by atoms with E-state index in [1.165, 1.54) is 0 Å². The highest BCUT2D eigenvalue weighted by Crippen LogP contribution is 2.19. The van der Waals surface area contributed by atoms with Crippen LogP contribution in [0.2, 0.25) is 0 Å². The molecule has 2 aliphatic heterocycles. The lowest BCUT2D eigenvalue weighted by Gasteiger charge is -2.28. The number of hydrogen-bond acceptors (Lipinski definition) is 5. The van der Waals surface area contributed by atoms with Crippen molar-refractivity contribution in [1.82, 2.24) is 10.6 Å². The number of aliphatic hydroxyl groups excluding tert-OH is 1. The van der Waals surface area contributed by atoms with Gasteiger partial charge in [0.05, 0.1) is 18.8 Å². The predicted octanol–water partition coefficient (Wildman–Crippen LogP) is 0.436. The van der Waals surface area contributed by atoms with Crippen LogP contribution in [0.15, 0.2) is 0 Å². The summed E-state index contributed by atoms with van der Waals surface area (Å²) in [6.45, 7) is 8.48. The summed E-state index contributed by atoms with van der Waals surface area (Å²) in [5.74, 6) is 0.00383. The average molecular weight is 314 g/mol. The van der Waals surface area contributed by atoms with E-state index in [4.69, 9.17) is 9.47 Å². The van der Waals surface area contributed by atoms with Crippen molar-refractivity contribution in [3.8, 4) is 0 Å². The van der Waals surface area contributed by atoms with E-state index in [1.807, 2.05) is 20.8 Å². The van der Waals surface area contributed by atoms with E-state index >= 15 is 0 Å². The Balaban J connectivity index is 1.71. The van der Waals surface area contributed by atoms with Gasteiger partial charge in [-0.15, -0.1) is 0 Å². The molecule has 2 heterocycles. The number of nitrogens with one attached hydrogen (secondary N) is 2. The number of aliphatic hydroxyl groups is 1. The first kappa shape index (κ1) is 17.7. The molecule has 0 aromatic carbocycles. The van der Waals surface area contributed by atoms with Crippen LogP contribution < -0.4 is 10.6 Å². The maximum absolute atomic E-state index is 11.8. The van der Waals surface area contributed by atoms with Gasteiger partial charge in [0.25, 0.3) is 0 Å². The summed E-state index contributed by atoms with van der Waals surface area (Å²) >= 11 is 0. The highest BCUT2D eigenvalue weighted by Gasteiger charge is 2.37. The smallest absolute Gasteiger partial charge is 0.220 e. The van der Waals surface area contributed by atoms with E-state index in [0.29, 0.717) is 25.6 Å². The number of rotatable bonds is 5. The number of carbonyl (C=O) groups excluding carboxylic acids is 1. The highest BCUT2D eigenvalue weighted by molar-refractivity contribution is 5.76. The third-order valence-corrected chi connectivity index (χ3v) is 4.15. The molecule has 0 saturated carbocycles. The van der Waals surface area contributed by atoms with E-state index in [-0.39, 0.29) is 23.5 Å². The summed E-state index contributed by atoms with van der Waals surface area (Å²) in [6.07, 6.45) is 1.49. The van der Waals surface area contributed by atoms with Gasteiger partial charge in [0.15, 0.2) is 0 Å². The lowest BCUT2D eigenvalue weighted by Crippen LogP contribution is -2.49. The first-order valence-corrected chi connectivity index (χ1v) is 8.25. The minimum absolute atomic E-state index is 0.00383. The van der Waals surface area contributed by atoms with E-state index in [2.05, 4.69) is 10.6 Å². The van der Waals surface area contributed by atoms with Crippen molar-refractivity contribution in [3.05, 3.63) is 0 Å². The van der Waals surface area contributed by atoms with Crippen LogP contribution in [0.1, 0.15) is 40.0 Å². The molecule has 2 saturated heterocycles. The SMILES string of the molecule is CC(C)(C)CC(=O)NCC1OCC(NC2CCOCC2)C1O. The molecule has 6 nitrogen and oxygen atoms in total. The lowest BCUT2D eigenvalue weighted by atomic mass is 9.92. The van der Waals surface area contributed by atoms with Gasteiger partial charge in [-0.05, 0) is 18.3 Å². The molecule has 3 N–H and O–H groups in total. The Bertz CT molecular complexity index is 364. The van der Waals surface area contributed by atoms with E-state index in [0.717, 1.165) is 26.1 Å². The van der Waals surface area contributed by atoms with Crippen LogP contribution in [0, 0.1) is 5.41 Å². The zero-order valence-corrected chi connectivity index (χ0v) is 13.9. The van der Waals surface area contributed by atoms with Crippen LogP contribution in [0.3, 0.4) is 0 Å². The molecule has 0 aromatic heterocycles. The molecule has 0 bridgehead atoms. The highest BCUT2D eigenvalue weighted by atomic mass is 16.5. The average Bonchev–Trinajstić information content (AvgIpc) is 2.77. The molecule has 0 spiro atoms. The lowest BCUT2D eigenvalue weighted by molar-refractivity contribution is -0.123. The van der Waals surface area contributed by atoms with Gasteiger partial charge in [-0.3, -0.25) is 4.79 Å². The molecular weight excluding hydrogens is 284 g/mol. The zero-order chi connectivity index (χ0) is 16.2. The standard InChI is InChI=1S/C16H30N2O4/c1-16(2,3)8-14(19)17-9-13-15(20)12(10-22-13)18-11-4-6-21-7-5-11/h11-13,15,18,20H,4-10H2,1-3H3,(H,17,19). The van der Waals surface area contributed by atoms with Gasteiger partial charge < -0.3 is 25.2 Å². The van der Waals surface area contributed by atoms with Crippen molar-refractivity contribution in [2.24, 2.45) is 5.41 Å². The van der Waals surface area contributed by atoms with Crippen LogP contribution in [0.4, 0.5) is 0 Å². The molecule has 3 atom stereocenters. The van der Waals surface area contributed by atoms with Gasteiger partial charge in [-0.2, -0.15) is 0 Å². The Labute approximate surface area is 132 Å². The van der Waals surface area contributed by atoms with Gasteiger partial charge in [-0.1, -0.05) is 20.8 Å². The van der Waals surface area contributed by atoms with Crippen LogP contribution >= 0.6 is 0 Å². The first-order valence-electron chi connectivity index (χ1n) is 8.25. The van der Waals surface area contributed by atoms with Crippen molar-refractivity contribution in [2.45, 2.75) is 64.3 Å². The molecule has 6 heteroatoms.